The molecular formula is C14H22N2OS. The Bertz CT molecular complexity index is 394. The third-order valence-electron chi connectivity index (χ3n) is 3.45. The lowest BCUT2D eigenvalue weighted by atomic mass is 10.2. The van der Waals surface area contributed by atoms with Gasteiger partial charge in [0.1, 0.15) is 0 Å². The SMILES string of the molecule is CC(C)c1csc(CCC(=O)NC2CCCC2)n1. The fraction of sp³-hybridized carbons (Fsp3) is 0.714. The second-order valence-corrected chi connectivity index (χ2v) is 6.31. The van der Waals surface area contributed by atoms with Crippen LogP contribution in [0.25, 0.3) is 0 Å². The molecule has 0 radical (unpaired) electrons. The highest BCUT2D eigenvalue weighted by atomic mass is 32.1. The summed E-state index contributed by atoms with van der Waals surface area (Å²) >= 11 is 1.67. The standard InChI is InChI=1S/C14H22N2OS/c1-10(2)12-9-18-14(16-12)8-7-13(17)15-11-5-3-4-6-11/h9-11H,3-8H2,1-2H3,(H,15,17). The zero-order valence-electron chi connectivity index (χ0n) is 11.2. The molecule has 1 aliphatic carbocycles. The Morgan fingerprint density at radius 1 is 1.50 bits per heavy atom. The van der Waals surface area contributed by atoms with E-state index >= 15 is 0 Å². The number of nitrogens with one attached hydrogen (secondary N) is 1. The molecule has 1 saturated carbocycles. The quantitative estimate of drug-likeness (QED) is 0.889. The average Bonchev–Trinajstić information content (AvgIpc) is 2.96. The van der Waals surface area contributed by atoms with Gasteiger partial charge in [-0.05, 0) is 18.8 Å². The first-order chi connectivity index (χ1) is 8.65. The fourth-order valence-corrected chi connectivity index (χ4v) is 3.26. The molecule has 0 atom stereocenters. The first-order valence-corrected chi connectivity index (χ1v) is 7.77. The molecule has 0 aliphatic heterocycles. The Balaban J connectivity index is 1.74. The highest BCUT2D eigenvalue weighted by Crippen LogP contribution is 2.20. The van der Waals surface area contributed by atoms with Gasteiger partial charge >= 0.3 is 0 Å². The lowest BCUT2D eigenvalue weighted by Crippen LogP contribution is -2.32. The number of aryl methyl sites for hydroxylation is 1. The number of nitrogens with zero attached hydrogens (tertiary/aromatic N) is 1. The van der Waals surface area contributed by atoms with Gasteiger partial charge in [0.05, 0.1) is 10.7 Å². The Morgan fingerprint density at radius 3 is 2.83 bits per heavy atom. The molecule has 4 heteroatoms. The van der Waals surface area contributed by atoms with Gasteiger partial charge in [0.25, 0.3) is 0 Å². The second kappa shape index (κ2) is 6.32. The molecule has 1 amide bonds. The number of aromatic nitrogens is 1. The average molecular weight is 266 g/mol. The molecule has 0 bridgehead atoms. The highest BCUT2D eigenvalue weighted by molar-refractivity contribution is 7.09. The summed E-state index contributed by atoms with van der Waals surface area (Å²) in [7, 11) is 0. The highest BCUT2D eigenvalue weighted by Gasteiger charge is 2.17. The normalized spacial score (nSPS) is 16.4. The first kappa shape index (κ1) is 13.5. The molecule has 0 saturated heterocycles. The number of carbonyl (C=O) groups is 1. The van der Waals surface area contributed by atoms with Crippen molar-refractivity contribution in [2.24, 2.45) is 0 Å². The van der Waals surface area contributed by atoms with Crippen LogP contribution in [0.15, 0.2) is 5.38 Å². The van der Waals surface area contributed by atoms with Crippen LogP contribution in [0.3, 0.4) is 0 Å². The van der Waals surface area contributed by atoms with Gasteiger partial charge in [0, 0.05) is 24.3 Å². The number of amides is 1. The van der Waals surface area contributed by atoms with Crippen molar-refractivity contribution in [1.82, 2.24) is 10.3 Å². The molecule has 2 rings (SSSR count). The summed E-state index contributed by atoms with van der Waals surface area (Å²) in [5.41, 5.74) is 1.14. The summed E-state index contributed by atoms with van der Waals surface area (Å²) in [6.45, 7) is 4.29. The molecule has 1 heterocycles. The zero-order chi connectivity index (χ0) is 13.0. The predicted molar refractivity (Wildman–Crippen MR) is 74.9 cm³/mol. The van der Waals surface area contributed by atoms with Gasteiger partial charge in [-0.2, -0.15) is 0 Å². The van der Waals surface area contributed by atoms with E-state index in [2.05, 4.69) is 29.5 Å². The number of hydrogen-bond acceptors (Lipinski definition) is 3. The van der Waals surface area contributed by atoms with Crippen LogP contribution in [0.4, 0.5) is 0 Å². The van der Waals surface area contributed by atoms with Crippen molar-refractivity contribution >= 4 is 17.2 Å². The largest absolute Gasteiger partial charge is 0.353 e. The first-order valence-electron chi connectivity index (χ1n) is 6.89. The van der Waals surface area contributed by atoms with Crippen molar-refractivity contribution in [1.29, 1.82) is 0 Å². The second-order valence-electron chi connectivity index (χ2n) is 5.37. The molecule has 0 spiro atoms. The van der Waals surface area contributed by atoms with Gasteiger partial charge in [0.15, 0.2) is 0 Å². The van der Waals surface area contributed by atoms with E-state index < -0.39 is 0 Å². The minimum Gasteiger partial charge on any atom is -0.353 e. The maximum Gasteiger partial charge on any atom is 0.220 e. The fourth-order valence-electron chi connectivity index (χ4n) is 2.30. The summed E-state index contributed by atoms with van der Waals surface area (Å²) in [6.07, 6.45) is 6.17. The molecule has 0 aromatic carbocycles. The van der Waals surface area contributed by atoms with E-state index in [-0.39, 0.29) is 5.91 Å². The van der Waals surface area contributed by atoms with Gasteiger partial charge in [-0.15, -0.1) is 11.3 Å². The summed E-state index contributed by atoms with van der Waals surface area (Å²) in [4.78, 5) is 16.3. The van der Waals surface area contributed by atoms with Crippen molar-refractivity contribution in [3.05, 3.63) is 16.1 Å². The van der Waals surface area contributed by atoms with Crippen molar-refractivity contribution in [2.45, 2.75) is 64.3 Å². The lowest BCUT2D eigenvalue weighted by Gasteiger charge is -2.11. The summed E-state index contributed by atoms with van der Waals surface area (Å²) in [5.74, 6) is 0.658. The Morgan fingerprint density at radius 2 is 2.22 bits per heavy atom. The van der Waals surface area contributed by atoms with Crippen molar-refractivity contribution in [3.63, 3.8) is 0 Å². The topological polar surface area (TPSA) is 42.0 Å². The molecule has 0 unspecified atom stereocenters. The van der Waals surface area contributed by atoms with E-state index in [1.54, 1.807) is 11.3 Å². The number of carbonyl (C=O) groups excluding carboxylic acids is 1. The molecule has 1 N–H and O–H groups in total. The van der Waals surface area contributed by atoms with Crippen molar-refractivity contribution in [3.8, 4) is 0 Å². The third kappa shape index (κ3) is 3.80. The monoisotopic (exact) mass is 266 g/mol. The van der Waals surface area contributed by atoms with Crippen LogP contribution in [0.2, 0.25) is 0 Å². The summed E-state index contributed by atoms with van der Waals surface area (Å²) in [5, 5.41) is 6.31. The Hall–Kier alpha value is -0.900. The van der Waals surface area contributed by atoms with Gasteiger partial charge in [0.2, 0.25) is 5.91 Å². The molecular weight excluding hydrogens is 244 g/mol. The number of rotatable bonds is 5. The van der Waals surface area contributed by atoms with E-state index in [0.717, 1.165) is 30.0 Å². The molecule has 3 nitrogen and oxygen atoms in total. The van der Waals surface area contributed by atoms with Crippen LogP contribution >= 0.6 is 11.3 Å². The summed E-state index contributed by atoms with van der Waals surface area (Å²) < 4.78 is 0. The van der Waals surface area contributed by atoms with Crippen LogP contribution in [0, 0.1) is 0 Å². The van der Waals surface area contributed by atoms with E-state index in [1.165, 1.54) is 12.8 Å². The van der Waals surface area contributed by atoms with Crippen LogP contribution in [0.5, 0.6) is 0 Å². The predicted octanol–water partition coefficient (Wildman–Crippen LogP) is 3.26. The number of thiazole rings is 1. The van der Waals surface area contributed by atoms with Gasteiger partial charge < -0.3 is 5.32 Å². The van der Waals surface area contributed by atoms with E-state index in [0.29, 0.717) is 18.4 Å². The number of hydrogen-bond donors (Lipinski definition) is 1. The van der Waals surface area contributed by atoms with Crippen molar-refractivity contribution in [2.75, 3.05) is 0 Å². The molecule has 100 valence electrons. The smallest absolute Gasteiger partial charge is 0.220 e. The van der Waals surface area contributed by atoms with E-state index in [9.17, 15) is 4.79 Å². The van der Waals surface area contributed by atoms with E-state index in [1.807, 2.05) is 0 Å². The molecule has 1 aliphatic rings. The van der Waals surface area contributed by atoms with Crippen LogP contribution in [-0.2, 0) is 11.2 Å². The third-order valence-corrected chi connectivity index (χ3v) is 4.37. The Labute approximate surface area is 113 Å². The molecule has 18 heavy (non-hydrogen) atoms. The van der Waals surface area contributed by atoms with Crippen molar-refractivity contribution < 1.29 is 4.79 Å². The maximum absolute atomic E-state index is 11.8. The van der Waals surface area contributed by atoms with E-state index in [4.69, 9.17) is 0 Å². The van der Waals surface area contributed by atoms with Gasteiger partial charge in [-0.25, -0.2) is 4.98 Å². The van der Waals surface area contributed by atoms with Crippen LogP contribution in [-0.4, -0.2) is 16.9 Å². The Kier molecular flexibility index (Phi) is 4.75. The minimum atomic E-state index is 0.184. The van der Waals surface area contributed by atoms with Crippen LogP contribution < -0.4 is 5.32 Å². The molecule has 1 aromatic rings. The van der Waals surface area contributed by atoms with Gasteiger partial charge in [-0.1, -0.05) is 26.7 Å². The maximum atomic E-state index is 11.8. The van der Waals surface area contributed by atoms with Gasteiger partial charge in [-0.3, -0.25) is 4.79 Å². The van der Waals surface area contributed by atoms with Crippen LogP contribution in [0.1, 0.15) is 62.6 Å². The minimum absolute atomic E-state index is 0.184. The molecule has 1 fully saturated rings. The summed E-state index contributed by atoms with van der Waals surface area (Å²) in [6, 6.07) is 0.431. The molecule has 1 aromatic heterocycles. The zero-order valence-corrected chi connectivity index (χ0v) is 12.1. The lowest BCUT2D eigenvalue weighted by molar-refractivity contribution is -0.121.